The van der Waals surface area contributed by atoms with E-state index in [0.29, 0.717) is 29.0 Å². The Hall–Kier alpha value is -2.93. The van der Waals surface area contributed by atoms with Crippen LogP contribution in [0.2, 0.25) is 5.02 Å². The minimum Gasteiger partial charge on any atom is -0.390 e. The summed E-state index contributed by atoms with van der Waals surface area (Å²) < 4.78 is 7.06. The molecule has 0 radical (unpaired) electrons. The van der Waals surface area contributed by atoms with Crippen LogP contribution in [-0.4, -0.2) is 25.8 Å². The predicted octanol–water partition coefficient (Wildman–Crippen LogP) is 4.41. The van der Waals surface area contributed by atoms with Crippen molar-refractivity contribution < 1.29 is 9.53 Å². The van der Waals surface area contributed by atoms with Crippen molar-refractivity contribution >= 4 is 23.4 Å². The molecule has 1 amide bonds. The minimum atomic E-state index is -0.627. The number of amides is 1. The van der Waals surface area contributed by atoms with Crippen molar-refractivity contribution in [3.05, 3.63) is 58.0 Å². The summed E-state index contributed by atoms with van der Waals surface area (Å²) in [4.78, 5) is 21.2. The molecule has 0 unspecified atom stereocenters. The summed E-state index contributed by atoms with van der Waals surface area (Å²) in [5, 5.41) is 7.74. The third-order valence-electron chi connectivity index (χ3n) is 3.93. The molecule has 0 saturated heterocycles. The second-order valence-electron chi connectivity index (χ2n) is 6.11. The summed E-state index contributed by atoms with van der Waals surface area (Å²) >= 11 is 5.86. The maximum absolute atomic E-state index is 12.4. The highest BCUT2D eigenvalue weighted by Gasteiger charge is 2.21. The zero-order valence-electron chi connectivity index (χ0n) is 15.6. The Morgan fingerprint density at radius 2 is 1.78 bits per heavy atom. The first-order valence-electron chi connectivity index (χ1n) is 8.53. The Balaban J connectivity index is 1.93. The van der Waals surface area contributed by atoms with Gasteiger partial charge in [0, 0.05) is 27.7 Å². The molecule has 0 aliphatic heterocycles. The number of carbonyl (C=O) groups excluding carboxylic acids is 1. The van der Waals surface area contributed by atoms with Gasteiger partial charge in [0.25, 0.3) is 5.95 Å². The molecule has 0 bridgehead atoms. The molecule has 2 heterocycles. The number of aryl methyl sites for hydroxylation is 3. The molecular weight excluding hydrogens is 366 g/mol. The number of benzene rings is 1. The van der Waals surface area contributed by atoms with Crippen LogP contribution in [-0.2, 0) is 6.42 Å². The number of anilines is 1. The number of hydrogen-bond donors (Lipinski definition) is 1. The lowest BCUT2D eigenvalue weighted by atomic mass is 10.2. The summed E-state index contributed by atoms with van der Waals surface area (Å²) in [5.41, 5.74) is 3.77. The van der Waals surface area contributed by atoms with Crippen LogP contribution in [0.1, 0.15) is 29.6 Å². The molecule has 2 aromatic heterocycles. The quantitative estimate of drug-likeness (QED) is 0.719. The molecule has 1 aromatic carbocycles. The van der Waals surface area contributed by atoms with Crippen molar-refractivity contribution in [2.24, 2.45) is 0 Å². The number of carbonyl (C=O) groups is 1. The average molecular weight is 386 g/mol. The average Bonchev–Trinajstić information content (AvgIpc) is 2.91. The third kappa shape index (κ3) is 4.25. The van der Waals surface area contributed by atoms with E-state index in [-0.39, 0.29) is 0 Å². The molecule has 0 spiro atoms. The normalized spacial score (nSPS) is 10.7. The highest BCUT2D eigenvalue weighted by molar-refractivity contribution is 6.30. The molecule has 8 heteroatoms. The van der Waals surface area contributed by atoms with Crippen LogP contribution in [0.5, 0.6) is 5.88 Å². The second-order valence-corrected chi connectivity index (χ2v) is 6.54. The van der Waals surface area contributed by atoms with Crippen LogP contribution in [0.3, 0.4) is 0 Å². The van der Waals surface area contributed by atoms with E-state index >= 15 is 0 Å². The Morgan fingerprint density at radius 3 is 2.37 bits per heavy atom. The number of aromatic nitrogens is 4. The molecule has 0 saturated carbocycles. The Morgan fingerprint density at radius 1 is 1.15 bits per heavy atom. The zero-order valence-corrected chi connectivity index (χ0v) is 16.3. The van der Waals surface area contributed by atoms with Crippen molar-refractivity contribution in [1.29, 1.82) is 0 Å². The third-order valence-corrected chi connectivity index (χ3v) is 4.18. The van der Waals surface area contributed by atoms with E-state index in [1.54, 1.807) is 24.3 Å². The van der Waals surface area contributed by atoms with Crippen LogP contribution >= 0.6 is 11.6 Å². The van der Waals surface area contributed by atoms with E-state index < -0.39 is 6.09 Å². The SMILES string of the molecule is CCc1c(C)nn(-c2nc(C)cc(C)n2)c1OC(=O)Nc1ccc(Cl)cc1. The summed E-state index contributed by atoms with van der Waals surface area (Å²) in [5.74, 6) is 0.677. The number of halogens is 1. The summed E-state index contributed by atoms with van der Waals surface area (Å²) in [7, 11) is 0. The fraction of sp³-hybridized carbons (Fsp3) is 0.263. The Bertz CT molecular complexity index is 962. The van der Waals surface area contributed by atoms with Crippen molar-refractivity contribution in [2.45, 2.75) is 34.1 Å². The maximum Gasteiger partial charge on any atom is 0.418 e. The number of nitrogens with zero attached hydrogens (tertiary/aromatic N) is 4. The van der Waals surface area contributed by atoms with Gasteiger partial charge in [0.1, 0.15) is 0 Å². The number of ether oxygens (including phenoxy) is 1. The molecular formula is C19H20ClN5O2. The van der Waals surface area contributed by atoms with Crippen LogP contribution in [0, 0.1) is 20.8 Å². The van der Waals surface area contributed by atoms with E-state index in [4.69, 9.17) is 16.3 Å². The molecule has 0 aliphatic rings. The largest absolute Gasteiger partial charge is 0.418 e. The van der Waals surface area contributed by atoms with Crippen LogP contribution in [0.15, 0.2) is 30.3 Å². The Labute approximate surface area is 162 Å². The topological polar surface area (TPSA) is 81.9 Å². The van der Waals surface area contributed by atoms with Gasteiger partial charge in [-0.1, -0.05) is 18.5 Å². The molecule has 0 atom stereocenters. The number of nitrogens with one attached hydrogen (secondary N) is 1. The lowest BCUT2D eigenvalue weighted by Gasteiger charge is -2.10. The Kier molecular flexibility index (Phi) is 5.41. The molecule has 140 valence electrons. The van der Waals surface area contributed by atoms with Gasteiger partial charge >= 0.3 is 6.09 Å². The maximum atomic E-state index is 12.4. The van der Waals surface area contributed by atoms with Crippen LogP contribution in [0.25, 0.3) is 5.95 Å². The summed E-state index contributed by atoms with van der Waals surface area (Å²) in [6, 6.07) is 8.63. The predicted molar refractivity (Wildman–Crippen MR) is 104 cm³/mol. The summed E-state index contributed by atoms with van der Waals surface area (Å²) in [6.45, 7) is 7.59. The van der Waals surface area contributed by atoms with Gasteiger partial charge in [-0.15, -0.1) is 0 Å². The van der Waals surface area contributed by atoms with Gasteiger partial charge in [0.15, 0.2) is 0 Å². The van der Waals surface area contributed by atoms with Crippen molar-refractivity contribution in [1.82, 2.24) is 19.7 Å². The smallest absolute Gasteiger partial charge is 0.390 e. The molecule has 1 N–H and O–H groups in total. The molecule has 7 nitrogen and oxygen atoms in total. The van der Waals surface area contributed by atoms with Crippen LogP contribution < -0.4 is 10.1 Å². The van der Waals surface area contributed by atoms with Crippen molar-refractivity contribution in [2.75, 3.05) is 5.32 Å². The fourth-order valence-corrected chi connectivity index (χ4v) is 2.88. The highest BCUT2D eigenvalue weighted by Crippen LogP contribution is 2.26. The minimum absolute atomic E-state index is 0.312. The molecule has 3 rings (SSSR count). The number of rotatable bonds is 4. The second kappa shape index (κ2) is 7.75. The van der Waals surface area contributed by atoms with Gasteiger partial charge in [-0.05, 0) is 57.5 Å². The van der Waals surface area contributed by atoms with E-state index in [9.17, 15) is 4.79 Å². The first kappa shape index (κ1) is 18.8. The van der Waals surface area contributed by atoms with Crippen LogP contribution in [0.4, 0.5) is 10.5 Å². The fourth-order valence-electron chi connectivity index (χ4n) is 2.75. The first-order chi connectivity index (χ1) is 12.9. The van der Waals surface area contributed by atoms with E-state index in [0.717, 1.165) is 22.6 Å². The van der Waals surface area contributed by atoms with E-state index in [1.165, 1.54) is 4.68 Å². The van der Waals surface area contributed by atoms with Crippen molar-refractivity contribution in [3.8, 4) is 11.8 Å². The van der Waals surface area contributed by atoms with Crippen molar-refractivity contribution in [3.63, 3.8) is 0 Å². The van der Waals surface area contributed by atoms with E-state index in [1.807, 2.05) is 33.8 Å². The lowest BCUT2D eigenvalue weighted by Crippen LogP contribution is -2.19. The molecule has 0 fully saturated rings. The first-order valence-corrected chi connectivity index (χ1v) is 8.90. The van der Waals surface area contributed by atoms with Gasteiger partial charge in [-0.3, -0.25) is 5.32 Å². The van der Waals surface area contributed by atoms with Gasteiger partial charge in [0.05, 0.1) is 5.69 Å². The van der Waals surface area contributed by atoms with E-state index in [2.05, 4.69) is 20.4 Å². The molecule has 27 heavy (non-hydrogen) atoms. The molecule has 0 aliphatic carbocycles. The van der Waals surface area contributed by atoms with Gasteiger partial charge in [-0.25, -0.2) is 14.8 Å². The molecule has 3 aromatic rings. The monoisotopic (exact) mass is 385 g/mol. The number of hydrogen-bond acceptors (Lipinski definition) is 5. The highest BCUT2D eigenvalue weighted by atomic mass is 35.5. The van der Waals surface area contributed by atoms with Gasteiger partial charge in [-0.2, -0.15) is 9.78 Å². The lowest BCUT2D eigenvalue weighted by molar-refractivity contribution is 0.211. The van der Waals surface area contributed by atoms with Gasteiger partial charge < -0.3 is 4.74 Å². The summed E-state index contributed by atoms with van der Waals surface area (Å²) in [6.07, 6.45) is 0.0257. The zero-order chi connectivity index (χ0) is 19.6. The standard InChI is InChI=1S/C19H20ClN5O2/c1-5-16-13(4)24-25(18-21-11(2)10-12(3)22-18)17(16)27-19(26)23-15-8-6-14(20)7-9-15/h6-10H,5H2,1-4H3,(H,23,26). The van der Waals surface area contributed by atoms with Gasteiger partial charge in [0.2, 0.25) is 5.88 Å².